The Bertz CT molecular complexity index is 3760. The Hall–Kier alpha value is -4.10. The Morgan fingerprint density at radius 1 is 0.282 bits per heavy atom. The summed E-state index contributed by atoms with van der Waals surface area (Å²) in [5.41, 5.74) is 0. The predicted octanol–water partition coefficient (Wildman–Crippen LogP) is -7.00. The van der Waals surface area contributed by atoms with Gasteiger partial charge in [-0.15, -0.1) is 0 Å². The van der Waals surface area contributed by atoms with Crippen molar-refractivity contribution in [1.82, 2.24) is 21.3 Å². The van der Waals surface area contributed by atoms with Crippen molar-refractivity contribution in [3.8, 4) is 0 Å². The number of unbranched alkanes of at least 4 members (excludes halogenated alkanes) is 27. The van der Waals surface area contributed by atoms with Gasteiger partial charge in [0.05, 0.1) is 77.7 Å². The number of rotatable bonds is 63. The van der Waals surface area contributed by atoms with Crippen LogP contribution in [0.4, 0.5) is 0 Å². The Morgan fingerprint density at radius 3 is 0.993 bits per heavy atom. The number of hydrogen-bond donors (Lipinski definition) is 29. The van der Waals surface area contributed by atoms with Crippen molar-refractivity contribution >= 4 is 23.6 Å². The zero-order valence-corrected chi connectivity index (χ0v) is 86.0. The van der Waals surface area contributed by atoms with Crippen LogP contribution in [0.1, 0.15) is 234 Å². The molecule has 0 saturated carbocycles. The summed E-state index contributed by atoms with van der Waals surface area (Å²) in [6, 6.07) is -7.02. The van der Waals surface area contributed by atoms with Gasteiger partial charge in [-0.1, -0.05) is 193 Å². The Balaban J connectivity index is 0.918. The average Bonchev–Trinajstić information content (AvgIpc) is 0.761. The summed E-state index contributed by atoms with van der Waals surface area (Å²) in [6.45, 7) is -0.676. The molecular formula is C98H174N4O47. The maximum Gasteiger partial charge on any atom is 0.220 e. The maximum atomic E-state index is 13.7. The monoisotopic (exact) mass is 2160 g/mol. The fraction of sp³-hybridized carbons (Fsp3) is 0.939. The summed E-state index contributed by atoms with van der Waals surface area (Å²) >= 11 is 0. The molecule has 0 aromatic carbocycles. The number of allylic oxidation sites excluding steroid dienone is 1. The smallest absolute Gasteiger partial charge is 0.220 e. The first-order valence-corrected chi connectivity index (χ1v) is 53.4. The maximum absolute atomic E-state index is 13.7. The van der Waals surface area contributed by atoms with Gasteiger partial charge < -0.3 is 234 Å². The highest BCUT2D eigenvalue weighted by molar-refractivity contribution is 5.76. The molecule has 9 aliphatic rings. The zero-order valence-electron chi connectivity index (χ0n) is 86.0. The minimum atomic E-state index is -2.53. The van der Waals surface area contributed by atoms with E-state index in [0.29, 0.717) is 12.8 Å². The van der Waals surface area contributed by atoms with Crippen molar-refractivity contribution in [2.45, 2.75) is 522 Å². The van der Waals surface area contributed by atoms with E-state index in [2.05, 4.69) is 35.1 Å². The number of hydrogen-bond acceptors (Lipinski definition) is 47. The summed E-state index contributed by atoms with van der Waals surface area (Å²) in [7, 11) is 0. The molecule has 47 atom stereocenters. The highest BCUT2D eigenvalue weighted by atomic mass is 16.8. The van der Waals surface area contributed by atoms with Crippen molar-refractivity contribution < 1.29 is 232 Å². The fourth-order valence-corrected chi connectivity index (χ4v) is 20.1. The number of aliphatic hydroxyl groups is 25. The molecule has 9 fully saturated rings. The lowest BCUT2D eigenvalue weighted by molar-refractivity contribution is -0.394. The van der Waals surface area contributed by atoms with Gasteiger partial charge in [0.2, 0.25) is 23.6 Å². The molecule has 149 heavy (non-hydrogen) atoms. The molecule has 51 nitrogen and oxygen atoms in total. The largest absolute Gasteiger partial charge is 0.394 e. The van der Waals surface area contributed by atoms with Crippen LogP contribution in [0, 0.1) is 0 Å². The third-order valence-electron chi connectivity index (χ3n) is 28.9. The van der Waals surface area contributed by atoms with Gasteiger partial charge in [-0.2, -0.15) is 0 Å². The molecule has 9 rings (SSSR count). The molecule has 18 unspecified atom stereocenters. The van der Waals surface area contributed by atoms with Crippen LogP contribution >= 0.6 is 0 Å². The second-order valence-electron chi connectivity index (χ2n) is 40.5. The van der Waals surface area contributed by atoms with Crippen LogP contribution in [0.3, 0.4) is 0 Å². The lowest BCUT2D eigenvalue weighted by Gasteiger charge is -2.51. The molecular weight excluding hydrogens is 1990 g/mol. The van der Waals surface area contributed by atoms with Gasteiger partial charge in [-0.05, 0) is 26.2 Å². The molecule has 0 spiro atoms. The normalized spacial score (nSPS) is 40.2. The van der Waals surface area contributed by atoms with E-state index < -0.39 is 365 Å². The molecule has 0 aromatic rings. The number of nitrogens with one attached hydrogen (secondary N) is 4. The van der Waals surface area contributed by atoms with E-state index in [1.165, 1.54) is 116 Å². The topological polar surface area (TPSA) is 788 Å². The number of amides is 4. The van der Waals surface area contributed by atoms with Crippen molar-refractivity contribution in [3.63, 3.8) is 0 Å². The quantitative estimate of drug-likeness (QED) is 0.0199. The summed E-state index contributed by atoms with van der Waals surface area (Å²) < 4.78 is 108. The van der Waals surface area contributed by atoms with E-state index in [4.69, 9.17) is 85.3 Å². The summed E-state index contributed by atoms with van der Waals surface area (Å²) in [5, 5.41) is 294. The van der Waals surface area contributed by atoms with Gasteiger partial charge in [-0.3, -0.25) is 19.2 Å². The van der Waals surface area contributed by atoms with Crippen molar-refractivity contribution in [1.29, 1.82) is 0 Å². The zero-order chi connectivity index (χ0) is 109. The van der Waals surface area contributed by atoms with Gasteiger partial charge in [-0.25, -0.2) is 0 Å². The molecule has 29 N–H and O–H groups in total. The van der Waals surface area contributed by atoms with Crippen LogP contribution in [-0.4, -0.2) is 499 Å². The van der Waals surface area contributed by atoms with Crippen molar-refractivity contribution in [2.24, 2.45) is 0 Å². The first kappa shape index (κ1) is 128. The van der Waals surface area contributed by atoms with E-state index in [1.54, 1.807) is 6.08 Å². The highest BCUT2D eigenvalue weighted by Crippen LogP contribution is 2.41. The van der Waals surface area contributed by atoms with Crippen LogP contribution in [0.25, 0.3) is 0 Å². The summed E-state index contributed by atoms with van der Waals surface area (Å²) in [4.78, 5) is 53.5. The van der Waals surface area contributed by atoms with E-state index >= 15 is 0 Å². The van der Waals surface area contributed by atoms with Crippen LogP contribution in [-0.2, 0) is 104 Å². The molecule has 0 aliphatic carbocycles. The summed E-state index contributed by atoms with van der Waals surface area (Å²) in [5.74, 6) is -3.25. The standard InChI is InChI=1S/C98H174N4O47/c1-7-9-11-13-15-17-19-21-22-23-24-26-28-30-32-34-36-38-62(114)102-52(53(113)37-35-33-31-29-27-25-20-18-16-14-12-10-8-2)46-132-93-80(129)77(126)86(60(45-109)141-93)145-96-81(130)87(69(118)56(41-105)136-96)147-91-64(100-50(5)111)72(121)84(58(43-107)139-91)144-97-82(131)88(70(119)61(142-97)47-133-90-63(99-49(4)110)71(120)83(57(42-106)138-90)143-95-79(128)75(124)67(116)54(39-103)135-95)148-92-65(101-51(6)112)73(122)85(59(44-108)140-92)146-98-89(76(125)68(117)55(40-104)137-98)149-94-78(127)74(123)66(115)48(3)134-94/h35,37,48,52-61,63-98,103-109,113,115-131H,7-34,36,38-47H2,1-6H3,(H,99,110)(H,100,111)(H,101,112)(H,102,114)/b37-35+/t48?,52-,53+,54?,55?,56?,57?,58?,59?,60?,61?,63?,64?,65?,66+,67-,68-,69-,70-,71+,72+,73+,74?,75-,76-,77+,78-,79?,80?,81?,82?,83+,84+,85+,86+,87-,88-,89?,90+,91-,92-,93+,94+,95-,96-,97-,98-/m0/s1. The van der Waals surface area contributed by atoms with E-state index in [9.17, 15) is 147 Å². The van der Waals surface area contributed by atoms with Gasteiger partial charge in [0.25, 0.3) is 0 Å². The number of ether oxygens (including phenoxy) is 18. The van der Waals surface area contributed by atoms with E-state index in [0.717, 1.165) is 85.0 Å². The number of aliphatic hydroxyl groups excluding tert-OH is 25. The fourth-order valence-electron chi connectivity index (χ4n) is 20.1. The predicted molar refractivity (Wildman–Crippen MR) is 511 cm³/mol. The SMILES string of the molecule is CCCCCCCCCCCCC/C=C/[C@@H](O)[C@H](CO[C@@H]1OC(CO)[C@@H](O[C@@H]2OC(CO)[C@H](O)[C@H](O[C@@H]3OC(CO)[C@@H](O[C@@H]4OC(CO[C@@H]5OC(CO)[C@@H](O[C@@H]6OC(CO)[C@H](O)[C@H](O)C6O)[C@H](O)C5NC(C)=O)[C@H](O)[C@H](O[C@@H]5OC(CO)[C@@H](O[C@@H]6OC(CO)[C@H](O)[C@H](O)C6O[C@H]6OC(C)[C@@H](O)C(O)[C@@H]6O)[C@H](O)C5NC(C)=O)C4O)[C@H](O)C3NC(C)=O)C2O)[C@H](O)C1O)NC(=O)CCCCCCCCCCCCCCCCCCC. The van der Waals surface area contributed by atoms with E-state index in [1.807, 2.05) is 6.08 Å². The van der Waals surface area contributed by atoms with Crippen LogP contribution < -0.4 is 21.3 Å². The first-order chi connectivity index (χ1) is 71.3. The van der Waals surface area contributed by atoms with Crippen LogP contribution in [0.5, 0.6) is 0 Å². The number of carbonyl (C=O) groups is 4. The van der Waals surface area contributed by atoms with Crippen molar-refractivity contribution in [2.75, 3.05) is 59.5 Å². The molecule has 868 valence electrons. The van der Waals surface area contributed by atoms with Gasteiger partial charge in [0.15, 0.2) is 56.6 Å². The molecule has 9 heterocycles. The molecule has 51 heteroatoms. The molecule has 0 radical (unpaired) electrons. The van der Waals surface area contributed by atoms with Gasteiger partial charge in [0.1, 0.15) is 213 Å². The average molecular weight is 2160 g/mol. The lowest BCUT2D eigenvalue weighted by atomic mass is 9.93. The second-order valence-corrected chi connectivity index (χ2v) is 40.5. The van der Waals surface area contributed by atoms with E-state index in [-0.39, 0.29) is 12.3 Å². The molecule has 4 amide bonds. The van der Waals surface area contributed by atoms with Crippen LogP contribution in [0.15, 0.2) is 12.2 Å². The lowest BCUT2D eigenvalue weighted by Crippen LogP contribution is -2.71. The van der Waals surface area contributed by atoms with Crippen molar-refractivity contribution in [3.05, 3.63) is 12.2 Å². The summed E-state index contributed by atoms with van der Waals surface area (Å²) in [6.07, 6.45) is -50.4. The first-order valence-electron chi connectivity index (χ1n) is 53.4. The Labute approximate surface area is 867 Å². The molecule has 0 bridgehead atoms. The third-order valence-corrected chi connectivity index (χ3v) is 28.9. The van der Waals surface area contributed by atoms with Gasteiger partial charge >= 0.3 is 0 Å². The Morgan fingerprint density at radius 2 is 0.577 bits per heavy atom. The van der Waals surface area contributed by atoms with Crippen LogP contribution in [0.2, 0.25) is 0 Å². The minimum absolute atomic E-state index is 0.132. The third kappa shape index (κ3) is 36.5. The molecule has 9 saturated heterocycles. The Kier molecular flexibility index (Phi) is 56.4. The highest BCUT2D eigenvalue weighted by Gasteiger charge is 2.62. The van der Waals surface area contributed by atoms with Gasteiger partial charge in [0, 0.05) is 27.2 Å². The molecule has 9 aliphatic heterocycles. The number of carbonyl (C=O) groups excluding carboxylic acids is 4. The molecule has 0 aromatic heterocycles. The minimum Gasteiger partial charge on any atom is -0.394 e. The second kappa shape index (κ2) is 65.4.